The van der Waals surface area contributed by atoms with E-state index in [1.165, 1.54) is 0 Å². The zero-order valence-electron chi connectivity index (χ0n) is 11.4. The van der Waals surface area contributed by atoms with Crippen LogP contribution in [-0.2, 0) is 4.79 Å². The van der Waals surface area contributed by atoms with Crippen molar-refractivity contribution in [1.29, 1.82) is 5.26 Å². The molecule has 1 amide bonds. The Balaban J connectivity index is 1.93. The molecule has 2 rings (SSSR count). The SMILES string of the molecule is CN(CC(=O)NC(C)(C#N)C1CC1)c1ccccc1. The molecule has 4 heteroatoms. The molecule has 100 valence electrons. The first-order chi connectivity index (χ1) is 9.05. The Labute approximate surface area is 114 Å². The Bertz CT molecular complexity index is 490. The molecule has 0 bridgehead atoms. The fourth-order valence-electron chi connectivity index (χ4n) is 2.20. The highest BCUT2D eigenvalue weighted by molar-refractivity contribution is 5.82. The van der Waals surface area contributed by atoms with Crippen LogP contribution >= 0.6 is 0 Å². The third-order valence-corrected chi connectivity index (χ3v) is 3.60. The van der Waals surface area contributed by atoms with Crippen LogP contribution in [0, 0.1) is 17.2 Å². The topological polar surface area (TPSA) is 56.1 Å². The monoisotopic (exact) mass is 257 g/mol. The van der Waals surface area contributed by atoms with E-state index in [4.69, 9.17) is 0 Å². The van der Waals surface area contributed by atoms with Crippen molar-refractivity contribution in [2.24, 2.45) is 5.92 Å². The number of anilines is 1. The van der Waals surface area contributed by atoms with E-state index >= 15 is 0 Å². The van der Waals surface area contributed by atoms with Crippen LogP contribution in [-0.4, -0.2) is 25.0 Å². The van der Waals surface area contributed by atoms with Gasteiger partial charge in [0.05, 0.1) is 12.6 Å². The molecule has 19 heavy (non-hydrogen) atoms. The molecule has 0 aliphatic heterocycles. The van der Waals surface area contributed by atoms with E-state index in [2.05, 4.69) is 11.4 Å². The van der Waals surface area contributed by atoms with Crippen molar-refractivity contribution in [2.45, 2.75) is 25.3 Å². The van der Waals surface area contributed by atoms with Crippen LogP contribution in [0.2, 0.25) is 0 Å². The Morgan fingerprint density at radius 3 is 2.63 bits per heavy atom. The molecule has 1 fully saturated rings. The van der Waals surface area contributed by atoms with Crippen molar-refractivity contribution in [3.63, 3.8) is 0 Å². The van der Waals surface area contributed by atoms with Gasteiger partial charge in [0.25, 0.3) is 0 Å². The second-order valence-electron chi connectivity index (χ2n) is 5.33. The number of carbonyl (C=O) groups is 1. The molecule has 1 unspecified atom stereocenters. The molecule has 1 aliphatic rings. The van der Waals surface area contributed by atoms with E-state index in [-0.39, 0.29) is 12.5 Å². The highest BCUT2D eigenvalue weighted by Gasteiger charge is 2.43. The van der Waals surface area contributed by atoms with Gasteiger partial charge < -0.3 is 10.2 Å². The maximum atomic E-state index is 12.0. The number of nitrogens with zero attached hydrogens (tertiary/aromatic N) is 2. The van der Waals surface area contributed by atoms with Crippen LogP contribution in [0.5, 0.6) is 0 Å². The predicted molar refractivity (Wildman–Crippen MR) is 74.6 cm³/mol. The van der Waals surface area contributed by atoms with E-state index in [9.17, 15) is 10.1 Å². The number of likely N-dealkylation sites (N-methyl/N-ethyl adjacent to an activating group) is 1. The number of rotatable bonds is 5. The summed E-state index contributed by atoms with van der Waals surface area (Å²) in [5.74, 6) is 0.200. The first kappa shape index (κ1) is 13.4. The summed E-state index contributed by atoms with van der Waals surface area (Å²) in [5.41, 5.74) is 0.275. The molecule has 1 aliphatic carbocycles. The molecular weight excluding hydrogens is 238 g/mol. The first-order valence-electron chi connectivity index (χ1n) is 6.53. The summed E-state index contributed by atoms with van der Waals surface area (Å²) in [6, 6.07) is 12.0. The van der Waals surface area contributed by atoms with Crippen LogP contribution in [0.4, 0.5) is 5.69 Å². The Hall–Kier alpha value is -2.02. The lowest BCUT2D eigenvalue weighted by atomic mass is 9.98. The van der Waals surface area contributed by atoms with Gasteiger partial charge in [-0.1, -0.05) is 18.2 Å². The number of hydrogen-bond acceptors (Lipinski definition) is 3. The van der Waals surface area contributed by atoms with E-state index in [0.29, 0.717) is 5.92 Å². The number of amides is 1. The Morgan fingerprint density at radius 2 is 2.11 bits per heavy atom. The van der Waals surface area contributed by atoms with Gasteiger partial charge in [-0.25, -0.2) is 0 Å². The predicted octanol–water partition coefficient (Wildman–Crippen LogP) is 1.93. The second kappa shape index (κ2) is 5.31. The lowest BCUT2D eigenvalue weighted by Gasteiger charge is -2.25. The largest absolute Gasteiger partial charge is 0.365 e. The summed E-state index contributed by atoms with van der Waals surface area (Å²) < 4.78 is 0. The van der Waals surface area contributed by atoms with Crippen LogP contribution in [0.3, 0.4) is 0 Å². The van der Waals surface area contributed by atoms with Crippen molar-refractivity contribution in [2.75, 3.05) is 18.5 Å². The fraction of sp³-hybridized carbons (Fsp3) is 0.467. The number of hydrogen-bond donors (Lipinski definition) is 1. The molecular formula is C15H19N3O. The highest BCUT2D eigenvalue weighted by atomic mass is 16.2. The van der Waals surface area contributed by atoms with Crippen molar-refractivity contribution in [3.05, 3.63) is 30.3 Å². The standard InChI is InChI=1S/C15H19N3O/c1-15(11-16,12-8-9-12)17-14(19)10-18(2)13-6-4-3-5-7-13/h3-7,12H,8-10H2,1-2H3,(H,17,19). The molecule has 4 nitrogen and oxygen atoms in total. The van der Waals surface area contributed by atoms with E-state index in [1.54, 1.807) is 0 Å². The van der Waals surface area contributed by atoms with Gasteiger partial charge >= 0.3 is 0 Å². The number of para-hydroxylation sites is 1. The first-order valence-corrected chi connectivity index (χ1v) is 6.53. The van der Waals surface area contributed by atoms with Crippen LogP contribution in [0.1, 0.15) is 19.8 Å². The van der Waals surface area contributed by atoms with Gasteiger partial charge in [-0.3, -0.25) is 4.79 Å². The van der Waals surface area contributed by atoms with Crippen LogP contribution < -0.4 is 10.2 Å². The summed E-state index contributed by atoms with van der Waals surface area (Å²) >= 11 is 0. The normalized spacial score (nSPS) is 17.1. The molecule has 1 aromatic rings. The summed E-state index contributed by atoms with van der Waals surface area (Å²) in [4.78, 5) is 13.9. The summed E-state index contributed by atoms with van der Waals surface area (Å²) in [7, 11) is 1.87. The zero-order chi connectivity index (χ0) is 13.9. The van der Waals surface area contributed by atoms with Gasteiger partial charge in [-0.2, -0.15) is 5.26 Å². The Morgan fingerprint density at radius 1 is 1.47 bits per heavy atom. The number of carbonyl (C=O) groups excluding carboxylic acids is 1. The minimum atomic E-state index is -0.714. The van der Waals surface area contributed by atoms with Crippen LogP contribution in [0.15, 0.2) is 30.3 Å². The number of nitriles is 1. The molecule has 0 aromatic heterocycles. The van der Waals surface area contributed by atoms with Crippen molar-refractivity contribution in [3.8, 4) is 6.07 Å². The van der Waals surface area contributed by atoms with Gasteiger partial charge in [0, 0.05) is 12.7 Å². The van der Waals surface area contributed by atoms with Crippen LogP contribution in [0.25, 0.3) is 0 Å². The third-order valence-electron chi connectivity index (χ3n) is 3.60. The van der Waals surface area contributed by atoms with E-state index in [0.717, 1.165) is 18.5 Å². The minimum Gasteiger partial charge on any atom is -0.365 e. The molecule has 0 spiro atoms. The second-order valence-corrected chi connectivity index (χ2v) is 5.33. The van der Waals surface area contributed by atoms with Gasteiger partial charge in [-0.05, 0) is 37.8 Å². The lowest BCUT2D eigenvalue weighted by Crippen LogP contribution is -2.49. The number of nitrogens with one attached hydrogen (secondary N) is 1. The van der Waals surface area contributed by atoms with Gasteiger partial charge in [0.1, 0.15) is 5.54 Å². The lowest BCUT2D eigenvalue weighted by molar-refractivity contribution is -0.121. The molecule has 0 heterocycles. The maximum Gasteiger partial charge on any atom is 0.240 e. The van der Waals surface area contributed by atoms with Gasteiger partial charge in [-0.15, -0.1) is 0 Å². The molecule has 1 N–H and O–H groups in total. The molecule has 1 aromatic carbocycles. The summed E-state index contributed by atoms with van der Waals surface area (Å²) in [6.45, 7) is 2.07. The van der Waals surface area contributed by atoms with Crippen molar-refractivity contribution in [1.82, 2.24) is 5.32 Å². The van der Waals surface area contributed by atoms with Gasteiger partial charge in [0.15, 0.2) is 0 Å². The zero-order valence-corrected chi connectivity index (χ0v) is 11.4. The van der Waals surface area contributed by atoms with Gasteiger partial charge in [0.2, 0.25) is 5.91 Å². The average molecular weight is 257 g/mol. The van der Waals surface area contributed by atoms with E-state index < -0.39 is 5.54 Å². The highest BCUT2D eigenvalue weighted by Crippen LogP contribution is 2.39. The minimum absolute atomic E-state index is 0.109. The fourth-order valence-corrected chi connectivity index (χ4v) is 2.20. The quantitative estimate of drug-likeness (QED) is 0.877. The van der Waals surface area contributed by atoms with E-state index in [1.807, 2.05) is 49.2 Å². The number of benzene rings is 1. The maximum absolute atomic E-state index is 12.0. The summed E-state index contributed by atoms with van der Waals surface area (Å²) in [5, 5.41) is 12.1. The molecule has 0 radical (unpaired) electrons. The molecule has 0 saturated heterocycles. The third kappa shape index (κ3) is 3.25. The molecule has 1 saturated carbocycles. The average Bonchev–Trinajstić information content (AvgIpc) is 3.24. The smallest absolute Gasteiger partial charge is 0.240 e. The summed E-state index contributed by atoms with van der Waals surface area (Å²) in [6.07, 6.45) is 2.05. The van der Waals surface area contributed by atoms with Crippen molar-refractivity contribution >= 4 is 11.6 Å². The molecule has 1 atom stereocenters. The van der Waals surface area contributed by atoms with Crippen molar-refractivity contribution < 1.29 is 4.79 Å². The Kier molecular flexibility index (Phi) is 3.75.